The van der Waals surface area contributed by atoms with Crippen molar-refractivity contribution in [3.8, 4) is 5.75 Å². The molecule has 0 N–H and O–H groups in total. The van der Waals surface area contributed by atoms with Crippen LogP contribution in [0.4, 0.5) is 5.69 Å². The molecule has 3 aliphatic heterocycles. The van der Waals surface area contributed by atoms with E-state index in [1.807, 2.05) is 12.1 Å². The average Bonchev–Trinajstić information content (AvgIpc) is 3.15. The molecule has 3 heterocycles. The third kappa shape index (κ3) is 4.37. The molecule has 1 saturated heterocycles. The Kier molecular flexibility index (Phi) is 5.80. The standard InChI is InChI=1S/C22H30N4O/c1-27-22-9-7-20(8-10-22)24-18-16-23(17-19-24)12-4-5-13-25-15-11-21-6-2-3-14-26(21)25/h2-3,6-11,14H,4-5,12-13,15-19H2,1H3. The van der Waals surface area contributed by atoms with Gasteiger partial charge < -0.3 is 9.64 Å². The Balaban J connectivity index is 1.14. The number of fused-ring (bicyclic) bond motifs is 1. The molecule has 0 saturated carbocycles. The summed E-state index contributed by atoms with van der Waals surface area (Å²) in [5.74, 6) is 0.925. The molecule has 0 spiro atoms. The summed E-state index contributed by atoms with van der Waals surface area (Å²) < 4.78 is 5.25. The first-order valence-corrected chi connectivity index (χ1v) is 10.0. The van der Waals surface area contributed by atoms with Crippen LogP contribution in [0.1, 0.15) is 12.8 Å². The number of allylic oxidation sites excluding steroid dienone is 3. The van der Waals surface area contributed by atoms with E-state index >= 15 is 0 Å². The molecule has 4 rings (SSSR count). The molecule has 0 radical (unpaired) electrons. The van der Waals surface area contributed by atoms with Crippen molar-refractivity contribution >= 4 is 5.69 Å². The topological polar surface area (TPSA) is 22.2 Å². The van der Waals surface area contributed by atoms with E-state index in [1.165, 1.54) is 30.8 Å². The summed E-state index contributed by atoms with van der Waals surface area (Å²) in [6.07, 6.45) is 13.4. The quantitative estimate of drug-likeness (QED) is 0.690. The lowest BCUT2D eigenvalue weighted by atomic mass is 10.2. The maximum atomic E-state index is 5.25. The lowest BCUT2D eigenvalue weighted by Gasteiger charge is -2.36. The van der Waals surface area contributed by atoms with E-state index in [0.29, 0.717) is 0 Å². The van der Waals surface area contributed by atoms with E-state index in [-0.39, 0.29) is 0 Å². The van der Waals surface area contributed by atoms with Crippen LogP contribution in [0.25, 0.3) is 0 Å². The Morgan fingerprint density at radius 1 is 0.926 bits per heavy atom. The van der Waals surface area contributed by atoms with Crippen molar-refractivity contribution < 1.29 is 4.74 Å². The van der Waals surface area contributed by atoms with Gasteiger partial charge in [-0.1, -0.05) is 6.08 Å². The summed E-state index contributed by atoms with van der Waals surface area (Å²) in [5, 5.41) is 4.71. The Hall–Kier alpha value is -2.24. The van der Waals surface area contributed by atoms with Crippen molar-refractivity contribution in [1.29, 1.82) is 0 Å². The summed E-state index contributed by atoms with van der Waals surface area (Å²) in [6, 6.07) is 8.43. The van der Waals surface area contributed by atoms with Crippen LogP contribution in [-0.4, -0.2) is 67.8 Å². The van der Waals surface area contributed by atoms with Crippen molar-refractivity contribution in [2.24, 2.45) is 0 Å². The largest absolute Gasteiger partial charge is 0.497 e. The van der Waals surface area contributed by atoms with Crippen LogP contribution in [-0.2, 0) is 0 Å². The number of hydrogen-bond donors (Lipinski definition) is 0. The molecule has 1 fully saturated rings. The zero-order valence-corrected chi connectivity index (χ0v) is 16.3. The molecule has 0 atom stereocenters. The van der Waals surface area contributed by atoms with Crippen molar-refractivity contribution in [2.45, 2.75) is 12.8 Å². The summed E-state index contributed by atoms with van der Waals surface area (Å²) in [7, 11) is 1.72. The highest BCUT2D eigenvalue weighted by molar-refractivity contribution is 5.49. The summed E-state index contributed by atoms with van der Waals surface area (Å²) in [5.41, 5.74) is 2.61. The maximum absolute atomic E-state index is 5.25. The minimum atomic E-state index is 0.925. The smallest absolute Gasteiger partial charge is 0.119 e. The van der Waals surface area contributed by atoms with Gasteiger partial charge in [0.25, 0.3) is 0 Å². The van der Waals surface area contributed by atoms with E-state index in [1.54, 1.807) is 7.11 Å². The maximum Gasteiger partial charge on any atom is 0.119 e. The average molecular weight is 367 g/mol. The van der Waals surface area contributed by atoms with Gasteiger partial charge in [0.05, 0.1) is 12.8 Å². The first-order chi connectivity index (χ1) is 13.3. The van der Waals surface area contributed by atoms with Crippen LogP contribution in [0.15, 0.2) is 60.5 Å². The number of hydrazine groups is 1. The van der Waals surface area contributed by atoms with Gasteiger partial charge in [-0.15, -0.1) is 0 Å². The van der Waals surface area contributed by atoms with Crippen LogP contribution in [0, 0.1) is 0 Å². The monoisotopic (exact) mass is 366 g/mol. The SMILES string of the molecule is COc1ccc(N2CCN(CCCCN3CC=C4C=CC=CN43)CC2)cc1. The highest BCUT2D eigenvalue weighted by atomic mass is 16.5. The van der Waals surface area contributed by atoms with E-state index in [0.717, 1.165) is 45.0 Å². The van der Waals surface area contributed by atoms with E-state index in [9.17, 15) is 0 Å². The highest BCUT2D eigenvalue weighted by Crippen LogP contribution is 2.22. The zero-order valence-electron chi connectivity index (χ0n) is 16.3. The van der Waals surface area contributed by atoms with Crippen molar-refractivity contribution in [1.82, 2.24) is 14.9 Å². The summed E-state index contributed by atoms with van der Waals surface area (Å²) >= 11 is 0. The third-order valence-electron chi connectivity index (χ3n) is 5.64. The number of benzene rings is 1. The minimum absolute atomic E-state index is 0.925. The normalized spacial score (nSPS) is 20.1. The molecular formula is C22H30N4O. The molecule has 0 amide bonds. The molecule has 0 aliphatic carbocycles. The van der Waals surface area contributed by atoms with Crippen LogP contribution >= 0.6 is 0 Å². The van der Waals surface area contributed by atoms with Crippen LogP contribution in [0.3, 0.4) is 0 Å². The summed E-state index contributed by atoms with van der Waals surface area (Å²) in [6.45, 7) is 7.89. The number of unbranched alkanes of at least 4 members (excludes halogenated alkanes) is 1. The molecule has 0 aromatic heterocycles. The summed E-state index contributed by atoms with van der Waals surface area (Å²) in [4.78, 5) is 5.08. The van der Waals surface area contributed by atoms with Crippen molar-refractivity contribution in [3.63, 3.8) is 0 Å². The molecule has 27 heavy (non-hydrogen) atoms. The molecule has 0 bridgehead atoms. The van der Waals surface area contributed by atoms with Crippen molar-refractivity contribution in [2.75, 3.05) is 57.8 Å². The molecule has 3 aliphatic rings. The van der Waals surface area contributed by atoms with Crippen LogP contribution < -0.4 is 9.64 Å². The molecule has 5 heteroatoms. The third-order valence-corrected chi connectivity index (χ3v) is 5.64. The van der Waals surface area contributed by atoms with Gasteiger partial charge in [0.15, 0.2) is 0 Å². The van der Waals surface area contributed by atoms with Gasteiger partial charge in [0.1, 0.15) is 5.75 Å². The molecule has 1 aromatic rings. The van der Waals surface area contributed by atoms with Gasteiger partial charge in [-0.25, -0.2) is 5.01 Å². The van der Waals surface area contributed by atoms with Gasteiger partial charge in [-0.3, -0.25) is 9.91 Å². The van der Waals surface area contributed by atoms with E-state index < -0.39 is 0 Å². The molecular weight excluding hydrogens is 336 g/mol. The number of nitrogens with zero attached hydrogens (tertiary/aromatic N) is 4. The number of piperazine rings is 1. The number of ether oxygens (including phenoxy) is 1. The predicted octanol–water partition coefficient (Wildman–Crippen LogP) is 3.10. The lowest BCUT2D eigenvalue weighted by molar-refractivity contribution is 0.0897. The van der Waals surface area contributed by atoms with E-state index in [2.05, 4.69) is 62.5 Å². The lowest BCUT2D eigenvalue weighted by Crippen LogP contribution is -2.46. The molecule has 5 nitrogen and oxygen atoms in total. The second-order valence-corrected chi connectivity index (χ2v) is 7.32. The van der Waals surface area contributed by atoms with Gasteiger partial charge in [-0.2, -0.15) is 0 Å². The first kappa shape index (κ1) is 18.1. The molecule has 1 aromatic carbocycles. The number of anilines is 1. The number of hydrogen-bond acceptors (Lipinski definition) is 5. The Bertz CT molecular complexity index is 702. The minimum Gasteiger partial charge on any atom is -0.497 e. The predicted molar refractivity (Wildman–Crippen MR) is 111 cm³/mol. The van der Waals surface area contributed by atoms with Gasteiger partial charge >= 0.3 is 0 Å². The number of rotatable bonds is 7. The zero-order chi connectivity index (χ0) is 18.5. The van der Waals surface area contributed by atoms with Gasteiger partial charge in [0.2, 0.25) is 0 Å². The van der Waals surface area contributed by atoms with Gasteiger partial charge in [-0.05, 0) is 61.9 Å². The molecule has 144 valence electrons. The van der Waals surface area contributed by atoms with E-state index in [4.69, 9.17) is 4.74 Å². The second kappa shape index (κ2) is 8.63. The Morgan fingerprint density at radius 3 is 2.48 bits per heavy atom. The Morgan fingerprint density at radius 2 is 1.70 bits per heavy atom. The van der Waals surface area contributed by atoms with Crippen molar-refractivity contribution in [3.05, 3.63) is 60.5 Å². The number of methoxy groups -OCH3 is 1. The fourth-order valence-electron chi connectivity index (χ4n) is 4.01. The Labute approximate surface area is 162 Å². The fourth-order valence-corrected chi connectivity index (χ4v) is 4.01. The fraction of sp³-hybridized carbons (Fsp3) is 0.455. The highest BCUT2D eigenvalue weighted by Gasteiger charge is 2.21. The molecule has 0 unspecified atom stereocenters. The van der Waals surface area contributed by atoms with Crippen LogP contribution in [0.2, 0.25) is 0 Å². The van der Waals surface area contributed by atoms with Crippen LogP contribution in [0.5, 0.6) is 5.75 Å². The second-order valence-electron chi connectivity index (χ2n) is 7.32. The first-order valence-electron chi connectivity index (χ1n) is 10.0. The van der Waals surface area contributed by atoms with Gasteiger partial charge in [0, 0.05) is 51.2 Å².